The molecule has 1 aliphatic carbocycles. The first kappa shape index (κ1) is 14.9. The largest absolute Gasteiger partial charge is 0.381 e. The van der Waals surface area contributed by atoms with Crippen LogP contribution in [0.4, 0.5) is 0 Å². The number of unbranched alkanes of at least 4 members (excludes halogenated alkanes) is 1. The Morgan fingerprint density at radius 1 is 1.29 bits per heavy atom. The number of hydrogen-bond donors (Lipinski definition) is 2. The van der Waals surface area contributed by atoms with E-state index in [0.717, 1.165) is 32.2 Å². The molecule has 0 aromatic carbocycles. The molecule has 0 saturated heterocycles. The molecule has 5 nitrogen and oxygen atoms in total. The zero-order chi connectivity index (χ0) is 12.7. The van der Waals surface area contributed by atoms with Crippen molar-refractivity contribution in [2.24, 2.45) is 0 Å². The zero-order valence-electron chi connectivity index (χ0n) is 10.7. The molecular formula is C11H24N2O3S. The Balaban J connectivity index is 2.25. The molecule has 1 saturated carbocycles. The highest BCUT2D eigenvalue weighted by Crippen LogP contribution is 2.22. The maximum absolute atomic E-state index is 11.8. The van der Waals surface area contributed by atoms with E-state index in [2.05, 4.69) is 10.0 Å². The Morgan fingerprint density at radius 3 is 2.65 bits per heavy atom. The Hall–Kier alpha value is -0.170. The molecular weight excluding hydrogens is 240 g/mol. The SMILES string of the molecule is CNCCCCS(=O)(=O)NC1CCC(OC)C1. The predicted molar refractivity (Wildman–Crippen MR) is 68.5 cm³/mol. The normalized spacial score (nSPS) is 25.3. The second kappa shape index (κ2) is 7.31. The van der Waals surface area contributed by atoms with Gasteiger partial charge in [-0.25, -0.2) is 13.1 Å². The van der Waals surface area contributed by atoms with Crippen LogP contribution in [0.25, 0.3) is 0 Å². The second-order valence-corrected chi connectivity index (χ2v) is 6.49. The molecule has 1 rings (SSSR count). The van der Waals surface area contributed by atoms with Crippen LogP contribution in [0.5, 0.6) is 0 Å². The van der Waals surface area contributed by atoms with Crippen molar-refractivity contribution in [2.45, 2.75) is 44.2 Å². The smallest absolute Gasteiger partial charge is 0.211 e. The second-order valence-electron chi connectivity index (χ2n) is 4.62. The lowest BCUT2D eigenvalue weighted by atomic mass is 10.3. The molecule has 1 fully saturated rings. The number of nitrogens with one attached hydrogen (secondary N) is 2. The average Bonchev–Trinajstić information content (AvgIpc) is 2.71. The van der Waals surface area contributed by atoms with Gasteiger partial charge in [0.2, 0.25) is 10.0 Å². The minimum atomic E-state index is -3.11. The number of sulfonamides is 1. The third kappa shape index (κ3) is 5.81. The highest BCUT2D eigenvalue weighted by atomic mass is 32.2. The Kier molecular flexibility index (Phi) is 6.40. The van der Waals surface area contributed by atoms with Gasteiger partial charge in [0.15, 0.2) is 0 Å². The van der Waals surface area contributed by atoms with E-state index in [9.17, 15) is 8.42 Å². The lowest BCUT2D eigenvalue weighted by Gasteiger charge is -2.13. The van der Waals surface area contributed by atoms with Crippen molar-refractivity contribution >= 4 is 10.0 Å². The molecule has 0 bridgehead atoms. The van der Waals surface area contributed by atoms with Gasteiger partial charge in [0.05, 0.1) is 11.9 Å². The van der Waals surface area contributed by atoms with Crippen LogP contribution in [0.15, 0.2) is 0 Å². The fourth-order valence-corrected chi connectivity index (χ4v) is 3.59. The highest BCUT2D eigenvalue weighted by Gasteiger charge is 2.27. The number of rotatable bonds is 8. The Bertz CT molecular complexity index is 306. The van der Waals surface area contributed by atoms with Gasteiger partial charge in [-0.1, -0.05) is 0 Å². The van der Waals surface area contributed by atoms with Crippen LogP contribution >= 0.6 is 0 Å². The maximum Gasteiger partial charge on any atom is 0.211 e. The van der Waals surface area contributed by atoms with Gasteiger partial charge >= 0.3 is 0 Å². The summed E-state index contributed by atoms with van der Waals surface area (Å²) < 4.78 is 31.5. The third-order valence-electron chi connectivity index (χ3n) is 3.15. The summed E-state index contributed by atoms with van der Waals surface area (Å²) >= 11 is 0. The van der Waals surface area contributed by atoms with Crippen LogP contribution < -0.4 is 10.0 Å². The molecule has 0 spiro atoms. The molecule has 2 unspecified atom stereocenters. The first-order valence-corrected chi connectivity index (χ1v) is 7.90. The van der Waals surface area contributed by atoms with Crippen molar-refractivity contribution in [3.05, 3.63) is 0 Å². The summed E-state index contributed by atoms with van der Waals surface area (Å²) in [5.74, 6) is 0.225. The van der Waals surface area contributed by atoms with Gasteiger partial charge in [0.25, 0.3) is 0 Å². The predicted octanol–water partition coefficient (Wildman–Crippen LogP) is 0.473. The monoisotopic (exact) mass is 264 g/mol. The third-order valence-corrected chi connectivity index (χ3v) is 4.67. The summed E-state index contributed by atoms with van der Waals surface area (Å²) in [7, 11) is 0.441. The van der Waals surface area contributed by atoms with Crippen molar-refractivity contribution in [1.29, 1.82) is 0 Å². The van der Waals surface area contributed by atoms with Crippen LogP contribution in [-0.4, -0.2) is 47.0 Å². The Labute approximate surface area is 104 Å². The molecule has 0 heterocycles. The van der Waals surface area contributed by atoms with Crippen molar-refractivity contribution in [1.82, 2.24) is 10.0 Å². The van der Waals surface area contributed by atoms with Gasteiger partial charge in [-0.15, -0.1) is 0 Å². The van der Waals surface area contributed by atoms with E-state index < -0.39 is 10.0 Å². The Morgan fingerprint density at radius 2 is 2.06 bits per heavy atom. The first-order chi connectivity index (χ1) is 8.07. The van der Waals surface area contributed by atoms with Gasteiger partial charge < -0.3 is 10.1 Å². The molecule has 6 heteroatoms. The molecule has 0 aliphatic heterocycles. The van der Waals surface area contributed by atoms with Crippen molar-refractivity contribution in [3.8, 4) is 0 Å². The molecule has 2 N–H and O–H groups in total. The standard InChI is InChI=1S/C11H24N2O3S/c1-12-7-3-4-8-17(14,15)13-10-5-6-11(9-10)16-2/h10-13H,3-9H2,1-2H3. The van der Waals surface area contributed by atoms with Crippen molar-refractivity contribution < 1.29 is 13.2 Å². The fraction of sp³-hybridized carbons (Fsp3) is 1.00. The number of methoxy groups -OCH3 is 1. The minimum Gasteiger partial charge on any atom is -0.381 e. The summed E-state index contributed by atoms with van der Waals surface area (Å²) in [6.07, 6.45) is 4.44. The van der Waals surface area contributed by atoms with Crippen LogP contribution in [-0.2, 0) is 14.8 Å². The summed E-state index contributed by atoms with van der Waals surface area (Å²) in [4.78, 5) is 0. The van der Waals surface area contributed by atoms with E-state index in [0.29, 0.717) is 6.42 Å². The van der Waals surface area contributed by atoms with Crippen LogP contribution in [0, 0.1) is 0 Å². The summed E-state index contributed by atoms with van der Waals surface area (Å²) in [5.41, 5.74) is 0. The van der Waals surface area contributed by atoms with Crippen LogP contribution in [0.3, 0.4) is 0 Å². The fourth-order valence-electron chi connectivity index (χ4n) is 2.17. The lowest BCUT2D eigenvalue weighted by Crippen LogP contribution is -2.35. The topological polar surface area (TPSA) is 67.4 Å². The quantitative estimate of drug-likeness (QED) is 0.626. The van der Waals surface area contributed by atoms with Crippen molar-refractivity contribution in [2.75, 3.05) is 26.5 Å². The first-order valence-electron chi connectivity index (χ1n) is 6.25. The van der Waals surface area contributed by atoms with Crippen LogP contribution in [0.1, 0.15) is 32.1 Å². The van der Waals surface area contributed by atoms with Gasteiger partial charge in [-0.05, 0) is 45.7 Å². The maximum atomic E-state index is 11.8. The molecule has 0 aromatic rings. The molecule has 0 radical (unpaired) electrons. The van der Waals surface area contributed by atoms with Gasteiger partial charge in [-0.2, -0.15) is 0 Å². The van der Waals surface area contributed by atoms with E-state index in [-0.39, 0.29) is 17.9 Å². The minimum absolute atomic E-state index is 0.0641. The van der Waals surface area contributed by atoms with Crippen molar-refractivity contribution in [3.63, 3.8) is 0 Å². The van der Waals surface area contributed by atoms with E-state index >= 15 is 0 Å². The van der Waals surface area contributed by atoms with E-state index in [4.69, 9.17) is 4.74 Å². The summed E-state index contributed by atoms with van der Waals surface area (Å²) in [6.45, 7) is 0.866. The van der Waals surface area contributed by atoms with Gasteiger partial charge in [0.1, 0.15) is 0 Å². The summed E-state index contributed by atoms with van der Waals surface area (Å²) in [5, 5.41) is 3.01. The molecule has 1 aliphatic rings. The molecule has 102 valence electrons. The average molecular weight is 264 g/mol. The van der Waals surface area contributed by atoms with Gasteiger partial charge in [-0.3, -0.25) is 0 Å². The lowest BCUT2D eigenvalue weighted by molar-refractivity contribution is 0.107. The highest BCUT2D eigenvalue weighted by molar-refractivity contribution is 7.89. The van der Waals surface area contributed by atoms with E-state index in [1.807, 2.05) is 7.05 Å². The molecule has 2 atom stereocenters. The zero-order valence-corrected chi connectivity index (χ0v) is 11.6. The number of hydrogen-bond acceptors (Lipinski definition) is 4. The van der Waals surface area contributed by atoms with E-state index in [1.54, 1.807) is 7.11 Å². The molecule has 17 heavy (non-hydrogen) atoms. The van der Waals surface area contributed by atoms with E-state index in [1.165, 1.54) is 0 Å². The summed E-state index contributed by atoms with van der Waals surface area (Å²) in [6, 6.07) is 0.0641. The number of ether oxygens (including phenoxy) is 1. The molecule has 0 aromatic heterocycles. The van der Waals surface area contributed by atoms with Crippen LogP contribution in [0.2, 0.25) is 0 Å². The van der Waals surface area contributed by atoms with Gasteiger partial charge in [0, 0.05) is 13.2 Å². The molecule has 0 amide bonds.